The molecule has 0 fully saturated rings. The molecule has 0 aliphatic carbocycles. The second-order valence-corrected chi connectivity index (χ2v) is 11.4. The van der Waals surface area contributed by atoms with E-state index in [2.05, 4.69) is 19.8 Å². The number of H-pyrrole nitrogens is 2. The predicted octanol–water partition coefficient (Wildman–Crippen LogP) is 5.91. The normalized spacial score (nSPS) is 11.6. The number of carbonyl (C=O) groups is 2. The predicted molar refractivity (Wildman–Crippen MR) is 167 cm³/mol. The van der Waals surface area contributed by atoms with Crippen LogP contribution in [0.3, 0.4) is 0 Å². The number of fused-ring (bicyclic) bond motifs is 2. The first-order chi connectivity index (χ1) is 20.1. The lowest BCUT2D eigenvalue weighted by atomic mass is 10.00. The van der Waals surface area contributed by atoms with E-state index < -0.39 is 11.9 Å². The number of esters is 2. The van der Waals surface area contributed by atoms with Gasteiger partial charge in [0.2, 0.25) is 0 Å². The molecule has 2 aromatic heterocycles. The molecule has 3 aromatic carbocycles. The smallest absolute Gasteiger partial charge is 0.343 e. The standard InChI is InChI=1S/C34H38N4O4/c1-21-17-22(2)26(34(40)42-30-12-8-10-28-32(30)24(20-36-28)14-16-38(5)6)18-25(21)33(39)41-29-11-7-9-27-31(29)23(19-35-27)13-15-37(3)4/h7-12,17-20,35-36H,13-16H2,1-6H3. The number of aryl methyl sites for hydroxylation is 2. The number of rotatable bonds is 10. The van der Waals surface area contributed by atoms with Gasteiger partial charge in [0.25, 0.3) is 0 Å². The van der Waals surface area contributed by atoms with Crippen molar-refractivity contribution in [2.24, 2.45) is 0 Å². The fraction of sp³-hybridized carbons (Fsp3) is 0.294. The molecule has 2 N–H and O–H groups in total. The average molecular weight is 567 g/mol. The van der Waals surface area contributed by atoms with E-state index in [1.807, 2.05) is 84.8 Å². The maximum atomic E-state index is 13.5. The monoisotopic (exact) mass is 566 g/mol. The molecule has 218 valence electrons. The van der Waals surface area contributed by atoms with E-state index >= 15 is 0 Å². The summed E-state index contributed by atoms with van der Waals surface area (Å²) in [5, 5.41) is 1.78. The Kier molecular flexibility index (Phi) is 8.47. The van der Waals surface area contributed by atoms with Crippen molar-refractivity contribution in [1.82, 2.24) is 19.8 Å². The molecule has 0 amide bonds. The zero-order valence-electron chi connectivity index (χ0n) is 25.1. The van der Waals surface area contributed by atoms with Gasteiger partial charge in [-0.25, -0.2) is 9.59 Å². The lowest BCUT2D eigenvalue weighted by Crippen LogP contribution is -2.16. The summed E-state index contributed by atoms with van der Waals surface area (Å²) < 4.78 is 11.9. The van der Waals surface area contributed by atoms with Crippen LogP contribution in [0.2, 0.25) is 0 Å². The number of nitrogens with zero attached hydrogens (tertiary/aromatic N) is 2. The SMILES string of the molecule is Cc1cc(C)c(C(=O)Oc2cccc3[nH]cc(CCN(C)C)c23)cc1C(=O)Oc1cccc2[nH]cc(CCN(C)C)c12. The summed E-state index contributed by atoms with van der Waals surface area (Å²) in [7, 11) is 8.12. The second-order valence-electron chi connectivity index (χ2n) is 11.4. The largest absolute Gasteiger partial charge is 0.422 e. The third kappa shape index (κ3) is 6.10. The number of carbonyl (C=O) groups excluding carboxylic acids is 2. The molecule has 2 heterocycles. The molecule has 42 heavy (non-hydrogen) atoms. The van der Waals surface area contributed by atoms with Gasteiger partial charge < -0.3 is 29.2 Å². The summed E-state index contributed by atoms with van der Waals surface area (Å²) in [4.78, 5) is 37.9. The molecular formula is C34H38N4O4. The van der Waals surface area contributed by atoms with Gasteiger partial charge in [0, 0.05) is 47.3 Å². The van der Waals surface area contributed by atoms with E-state index in [0.29, 0.717) is 22.6 Å². The Labute approximate surface area is 246 Å². The fourth-order valence-corrected chi connectivity index (χ4v) is 5.29. The van der Waals surface area contributed by atoms with Crippen LogP contribution in [0.25, 0.3) is 21.8 Å². The van der Waals surface area contributed by atoms with Crippen molar-refractivity contribution in [3.8, 4) is 11.5 Å². The maximum absolute atomic E-state index is 13.5. The molecule has 0 aliphatic rings. The first kappa shape index (κ1) is 29.1. The van der Waals surface area contributed by atoms with Crippen molar-refractivity contribution < 1.29 is 19.1 Å². The van der Waals surface area contributed by atoms with Gasteiger partial charge in [-0.1, -0.05) is 18.2 Å². The number of aromatic nitrogens is 2. The van der Waals surface area contributed by atoms with Crippen molar-refractivity contribution in [2.45, 2.75) is 26.7 Å². The minimum Gasteiger partial charge on any atom is -0.422 e. The first-order valence-corrected chi connectivity index (χ1v) is 14.2. The summed E-state index contributed by atoms with van der Waals surface area (Å²) in [6.07, 6.45) is 5.55. The topological polar surface area (TPSA) is 90.7 Å². The van der Waals surface area contributed by atoms with Crippen molar-refractivity contribution >= 4 is 33.7 Å². The molecule has 8 heteroatoms. The highest BCUT2D eigenvalue weighted by atomic mass is 16.5. The Morgan fingerprint density at radius 3 is 1.50 bits per heavy atom. The van der Waals surface area contributed by atoms with Crippen LogP contribution in [0.15, 0.2) is 60.9 Å². The van der Waals surface area contributed by atoms with E-state index in [-0.39, 0.29) is 0 Å². The van der Waals surface area contributed by atoms with Crippen molar-refractivity contribution in [2.75, 3.05) is 41.3 Å². The third-order valence-corrected chi connectivity index (χ3v) is 7.57. The van der Waals surface area contributed by atoms with Gasteiger partial charge in [0.1, 0.15) is 11.5 Å². The number of aromatic amines is 2. The highest BCUT2D eigenvalue weighted by Gasteiger charge is 2.22. The molecule has 0 unspecified atom stereocenters. The lowest BCUT2D eigenvalue weighted by Gasteiger charge is -2.14. The van der Waals surface area contributed by atoms with Crippen LogP contribution in [-0.2, 0) is 12.8 Å². The Bertz CT molecular complexity index is 1640. The highest BCUT2D eigenvalue weighted by Crippen LogP contribution is 2.32. The van der Waals surface area contributed by atoms with Crippen LogP contribution in [0.1, 0.15) is 43.0 Å². The zero-order valence-corrected chi connectivity index (χ0v) is 25.1. The van der Waals surface area contributed by atoms with Crippen LogP contribution < -0.4 is 9.47 Å². The Morgan fingerprint density at radius 1 is 0.667 bits per heavy atom. The molecule has 0 aliphatic heterocycles. The summed E-state index contributed by atoms with van der Waals surface area (Å²) in [5.74, 6) is -0.0676. The number of nitrogens with one attached hydrogen (secondary N) is 2. The van der Waals surface area contributed by atoms with Crippen molar-refractivity contribution in [1.29, 1.82) is 0 Å². The van der Waals surface area contributed by atoms with Gasteiger partial charge >= 0.3 is 11.9 Å². The highest BCUT2D eigenvalue weighted by molar-refractivity contribution is 6.01. The Hall–Kier alpha value is -4.40. The average Bonchev–Trinajstić information content (AvgIpc) is 3.56. The molecule has 0 bridgehead atoms. The summed E-state index contributed by atoms with van der Waals surface area (Å²) in [5.41, 5.74) is 6.06. The van der Waals surface area contributed by atoms with Crippen molar-refractivity contribution in [3.63, 3.8) is 0 Å². The van der Waals surface area contributed by atoms with E-state index in [4.69, 9.17) is 9.47 Å². The number of likely N-dealkylation sites (N-methyl/N-ethyl adjacent to an activating group) is 2. The molecule has 5 rings (SSSR count). The molecule has 0 saturated carbocycles. The van der Waals surface area contributed by atoms with Crippen LogP contribution in [-0.4, -0.2) is 73.0 Å². The molecule has 0 atom stereocenters. The number of ether oxygens (including phenoxy) is 2. The number of hydrogen-bond donors (Lipinski definition) is 2. The summed E-state index contributed by atoms with van der Waals surface area (Å²) >= 11 is 0. The minimum absolute atomic E-state index is 0.321. The van der Waals surface area contributed by atoms with Crippen LogP contribution >= 0.6 is 0 Å². The number of hydrogen-bond acceptors (Lipinski definition) is 6. The lowest BCUT2D eigenvalue weighted by molar-refractivity contribution is 0.0736. The van der Waals surface area contributed by atoms with Crippen molar-refractivity contribution in [3.05, 3.63) is 94.3 Å². The molecule has 5 aromatic rings. The van der Waals surface area contributed by atoms with E-state index in [9.17, 15) is 9.59 Å². The van der Waals surface area contributed by atoms with Gasteiger partial charge in [-0.15, -0.1) is 0 Å². The minimum atomic E-state index is -0.521. The molecule has 8 nitrogen and oxygen atoms in total. The number of benzene rings is 3. The summed E-state index contributed by atoms with van der Waals surface area (Å²) in [6, 6.07) is 14.7. The van der Waals surface area contributed by atoms with Gasteiger partial charge in [0.05, 0.1) is 11.1 Å². The van der Waals surface area contributed by atoms with Gasteiger partial charge in [-0.2, -0.15) is 0 Å². The van der Waals surface area contributed by atoms with Gasteiger partial charge in [-0.05, 0) is 107 Å². The van der Waals surface area contributed by atoms with Crippen LogP contribution in [0.4, 0.5) is 0 Å². The van der Waals surface area contributed by atoms with E-state index in [0.717, 1.165) is 70.0 Å². The van der Waals surface area contributed by atoms with E-state index in [1.165, 1.54) is 0 Å². The molecular weight excluding hydrogens is 528 g/mol. The molecule has 0 radical (unpaired) electrons. The molecule has 0 spiro atoms. The maximum Gasteiger partial charge on any atom is 0.343 e. The van der Waals surface area contributed by atoms with Crippen LogP contribution in [0.5, 0.6) is 11.5 Å². The van der Waals surface area contributed by atoms with Gasteiger partial charge in [0.15, 0.2) is 0 Å². The third-order valence-electron chi connectivity index (χ3n) is 7.57. The second kappa shape index (κ2) is 12.2. The molecule has 0 saturated heterocycles. The fourth-order valence-electron chi connectivity index (χ4n) is 5.29. The zero-order chi connectivity index (χ0) is 30.0. The van der Waals surface area contributed by atoms with E-state index in [1.54, 1.807) is 18.2 Å². The first-order valence-electron chi connectivity index (χ1n) is 14.2. The summed E-state index contributed by atoms with van der Waals surface area (Å²) in [6.45, 7) is 5.42. The quantitative estimate of drug-likeness (QED) is 0.161. The van der Waals surface area contributed by atoms with Crippen LogP contribution in [0, 0.1) is 13.8 Å². The Balaban J connectivity index is 1.42. The Morgan fingerprint density at radius 2 is 1.10 bits per heavy atom. The van der Waals surface area contributed by atoms with Gasteiger partial charge in [-0.3, -0.25) is 0 Å².